The van der Waals surface area contributed by atoms with Crippen molar-refractivity contribution in [2.45, 2.75) is 31.9 Å². The van der Waals surface area contributed by atoms with E-state index in [4.69, 9.17) is 9.15 Å². The molecule has 1 aromatic heterocycles. The number of ether oxygens (including phenoxy) is 1. The summed E-state index contributed by atoms with van der Waals surface area (Å²) in [5.41, 5.74) is 2.17. The van der Waals surface area contributed by atoms with Crippen LogP contribution in [-0.2, 0) is 11.2 Å². The van der Waals surface area contributed by atoms with Crippen molar-refractivity contribution in [2.75, 3.05) is 13.7 Å². The first-order valence-corrected chi connectivity index (χ1v) is 8.97. The van der Waals surface area contributed by atoms with Gasteiger partial charge in [-0.15, -0.1) is 0 Å². The summed E-state index contributed by atoms with van der Waals surface area (Å²) in [4.78, 5) is 11.5. The van der Waals surface area contributed by atoms with Crippen LogP contribution in [0.3, 0.4) is 0 Å². The Bertz CT molecular complexity index is 878. The highest BCUT2D eigenvalue weighted by molar-refractivity contribution is 5.89. The maximum atomic E-state index is 11.5. The van der Waals surface area contributed by atoms with E-state index in [1.165, 1.54) is 7.11 Å². The minimum absolute atomic E-state index is 0.236. The first kappa shape index (κ1) is 19.1. The van der Waals surface area contributed by atoms with Crippen molar-refractivity contribution in [2.24, 2.45) is 0 Å². The number of nitrogens with one attached hydrogen (secondary N) is 1. The quantitative estimate of drug-likeness (QED) is 0.621. The van der Waals surface area contributed by atoms with Crippen molar-refractivity contribution in [3.05, 3.63) is 71.5 Å². The zero-order valence-electron chi connectivity index (χ0n) is 15.9. The summed E-state index contributed by atoms with van der Waals surface area (Å²) in [6.45, 7) is 4.53. The standard InChI is InChI=1S/C22H25NO4/c1-22(2,13-15-8-10-16(11-9-15)21(25)26-3)23-14-18(24)20-12-17-6-4-5-7-19(17)27-20/h4-12,18,23-24H,13-14H2,1-3H3. The Balaban J connectivity index is 1.59. The lowest BCUT2D eigenvalue weighted by Gasteiger charge is -2.27. The molecular weight excluding hydrogens is 342 g/mol. The molecule has 2 N–H and O–H groups in total. The van der Waals surface area contributed by atoms with Crippen molar-refractivity contribution in [3.8, 4) is 0 Å². The molecule has 0 aliphatic rings. The topological polar surface area (TPSA) is 71.7 Å². The summed E-state index contributed by atoms with van der Waals surface area (Å²) in [5.74, 6) is 0.217. The molecule has 5 nitrogen and oxygen atoms in total. The molecule has 142 valence electrons. The Morgan fingerprint density at radius 3 is 2.56 bits per heavy atom. The van der Waals surface area contributed by atoms with Gasteiger partial charge in [0.1, 0.15) is 17.4 Å². The molecule has 3 rings (SSSR count). The fraction of sp³-hybridized carbons (Fsp3) is 0.318. The maximum Gasteiger partial charge on any atom is 0.337 e. The number of rotatable bonds is 7. The second-order valence-corrected chi connectivity index (χ2v) is 7.33. The second kappa shape index (κ2) is 7.94. The van der Waals surface area contributed by atoms with E-state index in [0.717, 1.165) is 23.0 Å². The molecule has 2 aromatic carbocycles. The molecule has 5 heteroatoms. The van der Waals surface area contributed by atoms with Gasteiger partial charge in [-0.25, -0.2) is 4.79 Å². The van der Waals surface area contributed by atoms with Crippen LogP contribution in [0.4, 0.5) is 0 Å². The number of aliphatic hydroxyl groups is 1. The number of carbonyl (C=O) groups excluding carboxylic acids is 1. The lowest BCUT2D eigenvalue weighted by atomic mass is 9.94. The number of carbonyl (C=O) groups is 1. The number of hydrogen-bond donors (Lipinski definition) is 2. The van der Waals surface area contributed by atoms with E-state index in [0.29, 0.717) is 17.9 Å². The van der Waals surface area contributed by atoms with Crippen LogP contribution in [0.5, 0.6) is 0 Å². The van der Waals surface area contributed by atoms with Gasteiger partial charge in [0.25, 0.3) is 0 Å². The molecule has 0 aliphatic heterocycles. The summed E-state index contributed by atoms with van der Waals surface area (Å²) in [6, 6.07) is 17.0. The minimum atomic E-state index is -0.724. The number of hydrogen-bond acceptors (Lipinski definition) is 5. The van der Waals surface area contributed by atoms with Crippen LogP contribution < -0.4 is 5.32 Å². The van der Waals surface area contributed by atoms with E-state index in [-0.39, 0.29) is 11.5 Å². The molecule has 0 aliphatic carbocycles. The first-order valence-electron chi connectivity index (χ1n) is 8.97. The molecule has 1 unspecified atom stereocenters. The third-order valence-electron chi connectivity index (χ3n) is 4.57. The van der Waals surface area contributed by atoms with Crippen molar-refractivity contribution in [1.29, 1.82) is 0 Å². The van der Waals surface area contributed by atoms with Gasteiger partial charge in [-0.3, -0.25) is 0 Å². The van der Waals surface area contributed by atoms with Gasteiger partial charge in [0.15, 0.2) is 0 Å². The zero-order chi connectivity index (χ0) is 19.4. The third-order valence-corrected chi connectivity index (χ3v) is 4.57. The normalized spacial score (nSPS) is 12.9. The zero-order valence-corrected chi connectivity index (χ0v) is 15.9. The van der Waals surface area contributed by atoms with Gasteiger partial charge in [0.05, 0.1) is 12.7 Å². The maximum absolute atomic E-state index is 11.5. The predicted molar refractivity (Wildman–Crippen MR) is 105 cm³/mol. The molecule has 1 heterocycles. The van der Waals surface area contributed by atoms with Crippen molar-refractivity contribution >= 4 is 16.9 Å². The van der Waals surface area contributed by atoms with Gasteiger partial charge >= 0.3 is 5.97 Å². The van der Waals surface area contributed by atoms with Crippen LogP contribution in [-0.4, -0.2) is 30.3 Å². The molecule has 0 saturated carbocycles. The minimum Gasteiger partial charge on any atom is -0.465 e. The van der Waals surface area contributed by atoms with Crippen LogP contribution in [0, 0.1) is 0 Å². The Kier molecular flexibility index (Phi) is 5.63. The summed E-state index contributed by atoms with van der Waals surface area (Å²) in [6.07, 6.45) is 0.0276. The number of para-hydroxylation sites is 1. The molecule has 27 heavy (non-hydrogen) atoms. The van der Waals surface area contributed by atoms with Crippen LogP contribution in [0.25, 0.3) is 11.0 Å². The molecule has 0 amide bonds. The predicted octanol–water partition coefficient (Wildman–Crippen LogP) is 3.86. The first-order chi connectivity index (χ1) is 12.9. The number of β-amino-alcohol motifs (C(OH)–C–C–N with tert-alkyl or cyclic N) is 1. The highest BCUT2D eigenvalue weighted by Gasteiger charge is 2.21. The molecule has 3 aromatic rings. The van der Waals surface area contributed by atoms with E-state index < -0.39 is 6.10 Å². The highest BCUT2D eigenvalue weighted by atomic mass is 16.5. The highest BCUT2D eigenvalue weighted by Crippen LogP contribution is 2.24. The lowest BCUT2D eigenvalue weighted by Crippen LogP contribution is -2.43. The third kappa shape index (κ3) is 4.76. The summed E-state index contributed by atoms with van der Waals surface area (Å²) >= 11 is 0. The van der Waals surface area contributed by atoms with Crippen molar-refractivity contribution < 1.29 is 19.1 Å². The van der Waals surface area contributed by atoms with Gasteiger partial charge in [0, 0.05) is 17.5 Å². The average Bonchev–Trinajstić information content (AvgIpc) is 3.10. The Labute approximate surface area is 159 Å². The van der Waals surface area contributed by atoms with Crippen molar-refractivity contribution in [3.63, 3.8) is 0 Å². The van der Waals surface area contributed by atoms with Gasteiger partial charge in [-0.05, 0) is 50.1 Å². The largest absolute Gasteiger partial charge is 0.465 e. The average molecular weight is 367 g/mol. The van der Waals surface area contributed by atoms with E-state index in [2.05, 4.69) is 19.2 Å². The lowest BCUT2D eigenvalue weighted by molar-refractivity contribution is 0.0600. The summed E-state index contributed by atoms with van der Waals surface area (Å²) in [5, 5.41) is 14.8. The fourth-order valence-corrected chi connectivity index (χ4v) is 3.09. The molecule has 0 saturated heterocycles. The fourth-order valence-electron chi connectivity index (χ4n) is 3.09. The molecule has 0 bridgehead atoms. The van der Waals surface area contributed by atoms with Gasteiger partial charge in [-0.1, -0.05) is 30.3 Å². The molecule has 1 atom stereocenters. The van der Waals surface area contributed by atoms with Crippen LogP contribution in [0.15, 0.2) is 59.0 Å². The summed E-state index contributed by atoms with van der Waals surface area (Å²) in [7, 11) is 1.37. The number of aliphatic hydroxyl groups excluding tert-OH is 1. The molecule has 0 spiro atoms. The van der Waals surface area contributed by atoms with Crippen LogP contribution >= 0.6 is 0 Å². The van der Waals surface area contributed by atoms with Crippen LogP contribution in [0.2, 0.25) is 0 Å². The number of benzene rings is 2. The van der Waals surface area contributed by atoms with E-state index in [1.807, 2.05) is 42.5 Å². The number of fused-ring (bicyclic) bond motifs is 1. The smallest absolute Gasteiger partial charge is 0.337 e. The Morgan fingerprint density at radius 1 is 1.19 bits per heavy atom. The molecule has 0 radical (unpaired) electrons. The number of esters is 1. The SMILES string of the molecule is COC(=O)c1ccc(CC(C)(C)NCC(O)c2cc3ccccc3o2)cc1. The van der Waals surface area contributed by atoms with Gasteiger partial charge in [-0.2, -0.15) is 0 Å². The second-order valence-electron chi connectivity index (χ2n) is 7.33. The number of methoxy groups -OCH3 is 1. The number of furan rings is 1. The van der Waals surface area contributed by atoms with Crippen molar-refractivity contribution in [1.82, 2.24) is 5.32 Å². The van der Waals surface area contributed by atoms with E-state index in [9.17, 15) is 9.90 Å². The van der Waals surface area contributed by atoms with Crippen LogP contribution in [0.1, 0.15) is 41.6 Å². The monoisotopic (exact) mass is 367 g/mol. The Morgan fingerprint density at radius 2 is 1.89 bits per heavy atom. The van der Waals surface area contributed by atoms with E-state index in [1.54, 1.807) is 12.1 Å². The van der Waals surface area contributed by atoms with E-state index >= 15 is 0 Å². The van der Waals surface area contributed by atoms with Gasteiger partial charge < -0.3 is 19.6 Å². The Hall–Kier alpha value is -2.63. The van der Waals surface area contributed by atoms with Gasteiger partial charge in [0.2, 0.25) is 0 Å². The molecule has 0 fully saturated rings. The summed E-state index contributed by atoms with van der Waals surface area (Å²) < 4.78 is 10.4. The molecular formula is C22H25NO4.